The molecule has 2 aromatic rings. The van der Waals surface area contributed by atoms with Crippen LogP contribution in [0.3, 0.4) is 0 Å². The van der Waals surface area contributed by atoms with Gasteiger partial charge in [0.2, 0.25) is 11.8 Å². The van der Waals surface area contributed by atoms with Crippen molar-refractivity contribution in [1.29, 1.82) is 0 Å². The topological polar surface area (TPSA) is 146 Å². The minimum atomic E-state index is -1.26. The Morgan fingerprint density at radius 3 is 2.11 bits per heavy atom. The van der Waals surface area contributed by atoms with E-state index in [9.17, 15) is 19.2 Å². The molecular weight excluding hydrogens is 374 g/mol. The Hall–Kier alpha value is -3.79. The number of aromatic nitrogens is 1. The summed E-state index contributed by atoms with van der Waals surface area (Å²) in [6.07, 6.45) is 4.70. The fraction of sp³-hybridized carbons (Fsp3) is 0. The zero-order valence-corrected chi connectivity index (χ0v) is 14.4. The summed E-state index contributed by atoms with van der Waals surface area (Å²) in [5.74, 6) is -3.86. The molecule has 0 saturated carbocycles. The Balaban J connectivity index is 2.29. The number of nitrogens with one attached hydrogen (secondary N) is 2. The molecule has 1 aromatic carbocycles. The fourth-order valence-electron chi connectivity index (χ4n) is 1.94. The molecule has 2 amide bonds. The van der Waals surface area contributed by atoms with Gasteiger partial charge in [0, 0.05) is 41.8 Å². The molecule has 0 aliphatic heterocycles. The summed E-state index contributed by atoms with van der Waals surface area (Å²) in [7, 11) is 0. The van der Waals surface area contributed by atoms with Gasteiger partial charge in [-0.2, -0.15) is 0 Å². The van der Waals surface area contributed by atoms with Crippen molar-refractivity contribution in [1.82, 2.24) is 4.98 Å². The van der Waals surface area contributed by atoms with E-state index >= 15 is 0 Å². The molecule has 0 aliphatic carbocycles. The first-order valence-electron chi connectivity index (χ1n) is 7.32. The second-order valence-corrected chi connectivity index (χ2v) is 5.83. The van der Waals surface area contributed by atoms with Gasteiger partial charge in [0.25, 0.3) is 0 Å². The van der Waals surface area contributed by atoms with E-state index in [1.54, 1.807) is 23.8 Å². The van der Waals surface area contributed by atoms with Crippen LogP contribution in [-0.2, 0) is 19.2 Å². The Morgan fingerprint density at radius 2 is 1.56 bits per heavy atom. The van der Waals surface area contributed by atoms with Crippen LogP contribution >= 0.6 is 11.3 Å². The van der Waals surface area contributed by atoms with Gasteiger partial charge in [-0.15, -0.1) is 11.3 Å². The molecule has 138 valence electrons. The highest BCUT2D eigenvalue weighted by atomic mass is 32.1. The maximum absolute atomic E-state index is 11.9. The van der Waals surface area contributed by atoms with Crippen molar-refractivity contribution >= 4 is 46.5 Å². The number of benzene rings is 1. The number of carboxylic acid groups (broad SMARTS) is 2. The van der Waals surface area contributed by atoms with Gasteiger partial charge in [0.1, 0.15) is 0 Å². The van der Waals surface area contributed by atoms with Crippen LogP contribution in [0.1, 0.15) is 0 Å². The number of hydrogen-bond acceptors (Lipinski definition) is 6. The lowest BCUT2D eigenvalue weighted by Gasteiger charge is -2.11. The minimum Gasteiger partial charge on any atom is -0.478 e. The van der Waals surface area contributed by atoms with Gasteiger partial charge in [0.05, 0.1) is 16.1 Å². The first kappa shape index (κ1) is 19.5. The summed E-state index contributed by atoms with van der Waals surface area (Å²) in [6, 6.07) is 4.68. The van der Waals surface area contributed by atoms with Crippen LogP contribution in [0.5, 0.6) is 0 Å². The van der Waals surface area contributed by atoms with Crippen molar-refractivity contribution in [3.63, 3.8) is 0 Å². The molecule has 2 rings (SSSR count). The van der Waals surface area contributed by atoms with E-state index < -0.39 is 23.8 Å². The zero-order valence-electron chi connectivity index (χ0n) is 13.6. The summed E-state index contributed by atoms with van der Waals surface area (Å²) in [6.45, 7) is 0. The molecule has 9 nitrogen and oxygen atoms in total. The van der Waals surface area contributed by atoms with E-state index in [1.165, 1.54) is 17.4 Å². The Bertz CT molecular complexity index is 934. The third-order valence-corrected chi connectivity index (χ3v) is 3.80. The van der Waals surface area contributed by atoms with Gasteiger partial charge in [-0.05, 0) is 18.2 Å². The van der Waals surface area contributed by atoms with E-state index in [0.29, 0.717) is 29.1 Å². The molecule has 10 heteroatoms. The van der Waals surface area contributed by atoms with Gasteiger partial charge in [-0.25, -0.2) is 9.59 Å². The molecule has 4 N–H and O–H groups in total. The Morgan fingerprint density at radius 1 is 0.926 bits per heavy atom. The Labute approximate surface area is 156 Å². The number of hydrogen-bond donors (Lipinski definition) is 4. The largest absolute Gasteiger partial charge is 0.478 e. The van der Waals surface area contributed by atoms with Gasteiger partial charge in [0.15, 0.2) is 0 Å². The van der Waals surface area contributed by atoms with Crippen LogP contribution in [0.15, 0.2) is 54.2 Å². The lowest BCUT2D eigenvalue weighted by atomic mass is 10.1. The number of amides is 2. The second-order valence-electron chi connectivity index (χ2n) is 4.95. The van der Waals surface area contributed by atoms with Crippen molar-refractivity contribution in [3.05, 3.63) is 54.2 Å². The molecule has 0 atom stereocenters. The molecule has 1 heterocycles. The predicted molar refractivity (Wildman–Crippen MR) is 98.4 cm³/mol. The third-order valence-electron chi connectivity index (χ3n) is 3.00. The molecule has 0 radical (unpaired) electrons. The molecule has 0 bridgehead atoms. The average Bonchev–Trinajstić information content (AvgIpc) is 3.13. The molecule has 1 aromatic heterocycles. The molecule has 0 fully saturated rings. The highest BCUT2D eigenvalue weighted by molar-refractivity contribution is 7.13. The number of nitrogens with zero attached hydrogens (tertiary/aromatic N) is 1. The van der Waals surface area contributed by atoms with Gasteiger partial charge < -0.3 is 20.8 Å². The van der Waals surface area contributed by atoms with Crippen molar-refractivity contribution in [3.8, 4) is 10.4 Å². The molecule has 0 saturated heterocycles. The summed E-state index contributed by atoms with van der Waals surface area (Å²) >= 11 is 1.33. The SMILES string of the molecule is O=C(O)/C=C/C(=O)Nc1ccc(-c2cncs2)c(NC(=O)/C=C/C(=O)O)c1. The van der Waals surface area contributed by atoms with E-state index in [4.69, 9.17) is 10.2 Å². The molecule has 27 heavy (non-hydrogen) atoms. The van der Waals surface area contributed by atoms with Gasteiger partial charge >= 0.3 is 11.9 Å². The zero-order chi connectivity index (χ0) is 19.8. The number of rotatable bonds is 7. The van der Waals surface area contributed by atoms with Crippen LogP contribution < -0.4 is 10.6 Å². The number of thiazole rings is 1. The lowest BCUT2D eigenvalue weighted by Crippen LogP contribution is -2.12. The second kappa shape index (κ2) is 9.06. The van der Waals surface area contributed by atoms with Crippen molar-refractivity contribution < 1.29 is 29.4 Å². The van der Waals surface area contributed by atoms with E-state index in [1.807, 2.05) is 0 Å². The molecule has 0 spiro atoms. The predicted octanol–water partition coefficient (Wildman–Crippen LogP) is 1.97. The maximum atomic E-state index is 11.9. The lowest BCUT2D eigenvalue weighted by molar-refractivity contribution is -0.132. The third kappa shape index (κ3) is 6.21. The van der Waals surface area contributed by atoms with E-state index in [-0.39, 0.29) is 0 Å². The quantitative estimate of drug-likeness (QED) is 0.531. The van der Waals surface area contributed by atoms with Crippen molar-refractivity contribution in [2.24, 2.45) is 0 Å². The van der Waals surface area contributed by atoms with E-state index in [0.717, 1.165) is 17.0 Å². The number of anilines is 2. The average molecular weight is 387 g/mol. The minimum absolute atomic E-state index is 0.306. The first-order valence-corrected chi connectivity index (χ1v) is 8.20. The standard InChI is InChI=1S/C17H13N3O6S/c21-14(3-5-16(23)24)19-10-1-2-11(13-8-18-9-27-13)12(7-10)20-15(22)4-6-17(25)26/h1-9H,(H,19,21)(H,20,22)(H,23,24)(H,25,26)/b5-3+,6-4+. The summed E-state index contributed by atoms with van der Waals surface area (Å²) in [5.41, 5.74) is 2.85. The van der Waals surface area contributed by atoms with Crippen LogP contribution in [-0.4, -0.2) is 39.0 Å². The summed E-state index contributed by atoms with van der Waals surface area (Å²) in [4.78, 5) is 49.3. The van der Waals surface area contributed by atoms with Gasteiger partial charge in [-0.1, -0.05) is 0 Å². The smallest absolute Gasteiger partial charge is 0.328 e. The molecule has 0 aliphatic rings. The highest BCUT2D eigenvalue weighted by Gasteiger charge is 2.11. The number of carbonyl (C=O) groups is 4. The van der Waals surface area contributed by atoms with E-state index in [2.05, 4.69) is 15.6 Å². The number of carbonyl (C=O) groups excluding carboxylic acids is 2. The van der Waals surface area contributed by atoms with Crippen molar-refractivity contribution in [2.75, 3.05) is 10.6 Å². The normalized spacial score (nSPS) is 10.8. The molecular formula is C17H13N3O6S. The van der Waals surface area contributed by atoms with Crippen LogP contribution in [0, 0.1) is 0 Å². The first-order chi connectivity index (χ1) is 12.8. The highest BCUT2D eigenvalue weighted by Crippen LogP contribution is 2.33. The monoisotopic (exact) mass is 387 g/mol. The fourth-order valence-corrected chi connectivity index (χ4v) is 2.60. The number of aliphatic carboxylic acids is 2. The Kier molecular flexibility index (Phi) is 6.55. The number of carboxylic acids is 2. The van der Waals surface area contributed by atoms with Gasteiger partial charge in [-0.3, -0.25) is 14.6 Å². The van der Waals surface area contributed by atoms with Crippen molar-refractivity contribution in [2.45, 2.75) is 0 Å². The maximum Gasteiger partial charge on any atom is 0.328 e. The van der Waals surface area contributed by atoms with Crippen LogP contribution in [0.2, 0.25) is 0 Å². The van der Waals surface area contributed by atoms with Crippen LogP contribution in [0.25, 0.3) is 10.4 Å². The summed E-state index contributed by atoms with van der Waals surface area (Å²) < 4.78 is 0. The summed E-state index contributed by atoms with van der Waals surface area (Å²) in [5, 5.41) is 22.1. The molecule has 0 unspecified atom stereocenters. The van der Waals surface area contributed by atoms with Crippen LogP contribution in [0.4, 0.5) is 11.4 Å².